The third-order valence-corrected chi connectivity index (χ3v) is 1.59. The molecule has 7 heteroatoms. The molecule has 0 unspecified atom stereocenters. The van der Waals surface area contributed by atoms with Gasteiger partial charge in [-0.05, 0) is 6.42 Å². The number of alkyl halides is 4. The van der Waals surface area contributed by atoms with Crippen molar-refractivity contribution >= 4 is 5.91 Å². The third-order valence-electron chi connectivity index (χ3n) is 1.59. The molecular weight excluding hydrogens is 204 g/mol. The van der Waals surface area contributed by atoms with Crippen LogP contribution >= 0.6 is 0 Å². The highest BCUT2D eigenvalue weighted by atomic mass is 19.3. The van der Waals surface area contributed by atoms with Gasteiger partial charge < -0.3 is 11.1 Å². The second kappa shape index (κ2) is 5.14. The van der Waals surface area contributed by atoms with Crippen molar-refractivity contribution in [2.75, 3.05) is 6.54 Å². The summed E-state index contributed by atoms with van der Waals surface area (Å²) in [7, 11) is 0. The van der Waals surface area contributed by atoms with E-state index in [4.69, 9.17) is 5.73 Å². The Balaban J connectivity index is 4.00. The zero-order valence-corrected chi connectivity index (χ0v) is 7.57. The van der Waals surface area contributed by atoms with Gasteiger partial charge in [-0.2, -0.15) is 8.78 Å². The summed E-state index contributed by atoms with van der Waals surface area (Å²) in [6.07, 6.45) is -3.54. The summed E-state index contributed by atoms with van der Waals surface area (Å²) >= 11 is 0. The molecule has 0 aliphatic rings. The number of nitrogens with one attached hydrogen (secondary N) is 1. The van der Waals surface area contributed by atoms with Crippen LogP contribution in [-0.4, -0.2) is 30.8 Å². The van der Waals surface area contributed by atoms with Crippen LogP contribution in [0.4, 0.5) is 17.6 Å². The molecule has 0 heterocycles. The van der Waals surface area contributed by atoms with E-state index in [1.165, 1.54) is 0 Å². The number of hydrogen-bond acceptors (Lipinski definition) is 2. The summed E-state index contributed by atoms with van der Waals surface area (Å²) in [5.41, 5.74) is 5.18. The van der Waals surface area contributed by atoms with E-state index in [9.17, 15) is 22.4 Å². The van der Waals surface area contributed by atoms with Crippen molar-refractivity contribution in [2.24, 2.45) is 5.73 Å². The Morgan fingerprint density at radius 3 is 2.36 bits per heavy atom. The molecule has 0 radical (unpaired) electrons. The van der Waals surface area contributed by atoms with Crippen LogP contribution in [0.15, 0.2) is 0 Å². The lowest BCUT2D eigenvalue weighted by atomic mass is 10.2. The molecule has 0 saturated heterocycles. The lowest BCUT2D eigenvalue weighted by molar-refractivity contribution is -0.137. The van der Waals surface area contributed by atoms with E-state index in [0.717, 1.165) is 0 Å². The van der Waals surface area contributed by atoms with Crippen molar-refractivity contribution in [3.05, 3.63) is 0 Å². The molecule has 0 rings (SSSR count). The van der Waals surface area contributed by atoms with Crippen LogP contribution in [-0.2, 0) is 4.79 Å². The minimum atomic E-state index is -4.21. The second-order valence-corrected chi connectivity index (χ2v) is 2.79. The molecule has 0 saturated carbocycles. The zero-order chi connectivity index (χ0) is 11.4. The van der Waals surface area contributed by atoms with E-state index in [-0.39, 0.29) is 6.42 Å². The van der Waals surface area contributed by atoms with Crippen molar-refractivity contribution < 1.29 is 22.4 Å². The fourth-order valence-corrected chi connectivity index (χ4v) is 0.599. The highest BCUT2D eigenvalue weighted by Gasteiger charge is 2.40. The van der Waals surface area contributed by atoms with Gasteiger partial charge in [-0.25, -0.2) is 8.78 Å². The quantitative estimate of drug-likeness (QED) is 0.666. The van der Waals surface area contributed by atoms with E-state index in [0.29, 0.717) is 0 Å². The zero-order valence-electron chi connectivity index (χ0n) is 7.57. The van der Waals surface area contributed by atoms with E-state index >= 15 is 0 Å². The molecular formula is C7H12F4N2O. The SMILES string of the molecule is CC[C@H](N)C(=O)NCC(F)(F)C(F)F. The molecule has 0 bridgehead atoms. The summed E-state index contributed by atoms with van der Waals surface area (Å²) in [5, 5.41) is 1.66. The maximum atomic E-state index is 12.3. The van der Waals surface area contributed by atoms with Gasteiger partial charge in [0.15, 0.2) is 0 Å². The number of carbonyl (C=O) groups is 1. The molecule has 0 aliphatic carbocycles. The Labute approximate surface area is 78.6 Å². The molecule has 0 spiro atoms. The van der Waals surface area contributed by atoms with Gasteiger partial charge >= 0.3 is 12.3 Å². The number of hydrogen-bond donors (Lipinski definition) is 2. The van der Waals surface area contributed by atoms with Crippen LogP contribution in [0.5, 0.6) is 0 Å². The molecule has 0 aromatic rings. The van der Waals surface area contributed by atoms with E-state index in [2.05, 4.69) is 0 Å². The van der Waals surface area contributed by atoms with Crippen LogP contribution in [0.3, 0.4) is 0 Å². The maximum Gasteiger partial charge on any atom is 0.324 e. The van der Waals surface area contributed by atoms with Gasteiger partial charge in [-0.15, -0.1) is 0 Å². The van der Waals surface area contributed by atoms with Gasteiger partial charge in [0.25, 0.3) is 0 Å². The van der Waals surface area contributed by atoms with Crippen LogP contribution in [0.1, 0.15) is 13.3 Å². The van der Waals surface area contributed by atoms with E-state index in [1.807, 2.05) is 0 Å². The van der Waals surface area contributed by atoms with E-state index < -0.39 is 30.8 Å². The Bertz CT molecular complexity index is 198. The Kier molecular flexibility index (Phi) is 4.82. The molecule has 0 aromatic heterocycles. The van der Waals surface area contributed by atoms with Crippen LogP contribution in [0, 0.1) is 0 Å². The Morgan fingerprint density at radius 2 is 2.00 bits per heavy atom. The largest absolute Gasteiger partial charge is 0.348 e. The molecule has 3 nitrogen and oxygen atoms in total. The molecule has 0 fully saturated rings. The second-order valence-electron chi connectivity index (χ2n) is 2.79. The summed E-state index contributed by atoms with van der Waals surface area (Å²) < 4.78 is 47.8. The fourth-order valence-electron chi connectivity index (χ4n) is 0.599. The average molecular weight is 216 g/mol. The molecule has 0 aromatic carbocycles. The van der Waals surface area contributed by atoms with Crippen molar-refractivity contribution in [1.82, 2.24) is 5.32 Å². The molecule has 14 heavy (non-hydrogen) atoms. The van der Waals surface area contributed by atoms with Crippen molar-refractivity contribution in [2.45, 2.75) is 31.7 Å². The third kappa shape index (κ3) is 3.91. The number of amides is 1. The normalized spacial score (nSPS) is 14.2. The van der Waals surface area contributed by atoms with Crippen molar-refractivity contribution in [3.63, 3.8) is 0 Å². The fraction of sp³-hybridized carbons (Fsp3) is 0.857. The Morgan fingerprint density at radius 1 is 1.50 bits per heavy atom. The number of carbonyl (C=O) groups excluding carboxylic acids is 1. The van der Waals surface area contributed by atoms with Gasteiger partial charge in [-0.1, -0.05) is 6.92 Å². The summed E-state index contributed by atoms with van der Waals surface area (Å²) in [6, 6.07) is -0.941. The Hall–Kier alpha value is -0.850. The highest BCUT2D eigenvalue weighted by Crippen LogP contribution is 2.21. The first-order valence-electron chi connectivity index (χ1n) is 4.00. The standard InChI is InChI=1S/C7H12F4N2O/c1-2-4(12)5(14)13-3-7(10,11)6(8)9/h4,6H,2-3,12H2,1H3,(H,13,14)/t4-/m0/s1. The van der Waals surface area contributed by atoms with Crippen molar-refractivity contribution in [1.29, 1.82) is 0 Å². The molecule has 3 N–H and O–H groups in total. The van der Waals surface area contributed by atoms with Gasteiger partial charge in [0.05, 0.1) is 12.6 Å². The summed E-state index contributed by atoms with van der Waals surface area (Å²) in [4.78, 5) is 10.8. The maximum absolute atomic E-state index is 12.3. The van der Waals surface area contributed by atoms with Crippen LogP contribution in [0.25, 0.3) is 0 Å². The smallest absolute Gasteiger partial charge is 0.324 e. The minimum absolute atomic E-state index is 0.256. The first-order valence-corrected chi connectivity index (χ1v) is 4.00. The molecule has 84 valence electrons. The first kappa shape index (κ1) is 13.2. The molecule has 1 amide bonds. The predicted molar refractivity (Wildman–Crippen MR) is 42.2 cm³/mol. The average Bonchev–Trinajstić information content (AvgIpc) is 2.12. The first-order chi connectivity index (χ1) is 6.31. The van der Waals surface area contributed by atoms with Gasteiger partial charge in [0, 0.05) is 0 Å². The van der Waals surface area contributed by atoms with Gasteiger partial charge in [-0.3, -0.25) is 4.79 Å². The lowest BCUT2D eigenvalue weighted by Gasteiger charge is -2.17. The molecule has 0 aliphatic heterocycles. The summed E-state index contributed by atoms with van der Waals surface area (Å²) in [5.74, 6) is -5.06. The summed E-state index contributed by atoms with van der Waals surface area (Å²) in [6.45, 7) is 0.187. The van der Waals surface area contributed by atoms with E-state index in [1.54, 1.807) is 12.2 Å². The highest BCUT2D eigenvalue weighted by molar-refractivity contribution is 5.81. The predicted octanol–water partition coefficient (Wildman–Crippen LogP) is 0.740. The number of nitrogens with two attached hydrogens (primary N) is 1. The van der Waals surface area contributed by atoms with Crippen LogP contribution in [0.2, 0.25) is 0 Å². The monoisotopic (exact) mass is 216 g/mol. The van der Waals surface area contributed by atoms with Gasteiger partial charge in [0.1, 0.15) is 0 Å². The molecule has 1 atom stereocenters. The minimum Gasteiger partial charge on any atom is -0.348 e. The van der Waals surface area contributed by atoms with Gasteiger partial charge in [0.2, 0.25) is 5.91 Å². The van der Waals surface area contributed by atoms with Crippen LogP contribution < -0.4 is 11.1 Å². The lowest BCUT2D eigenvalue weighted by Crippen LogP contribution is -2.47. The van der Waals surface area contributed by atoms with Crippen molar-refractivity contribution in [3.8, 4) is 0 Å². The number of halogens is 4. The number of rotatable bonds is 5. The topological polar surface area (TPSA) is 55.1 Å².